The molecule has 1 saturated heterocycles. The lowest BCUT2D eigenvalue weighted by Crippen LogP contribution is -2.47. The molecule has 1 saturated carbocycles. The number of para-hydroxylation sites is 1. The molecule has 3 rings (SSSR count). The highest BCUT2D eigenvalue weighted by molar-refractivity contribution is 5.98. The SMILES string of the molecule is Nc1cccc(C(=O)O)c1N1CCC[C@H]2CCCC[C@H]21. The molecule has 2 aliphatic rings. The van der Waals surface area contributed by atoms with Crippen molar-refractivity contribution in [2.75, 3.05) is 17.2 Å². The van der Waals surface area contributed by atoms with Crippen LogP contribution in [-0.2, 0) is 0 Å². The molecular formula is C16H22N2O2. The van der Waals surface area contributed by atoms with Crippen molar-refractivity contribution in [1.82, 2.24) is 0 Å². The molecule has 0 aromatic heterocycles. The van der Waals surface area contributed by atoms with E-state index in [0.717, 1.165) is 25.1 Å². The second kappa shape index (κ2) is 5.35. The number of benzene rings is 1. The first-order valence-corrected chi connectivity index (χ1v) is 7.57. The minimum Gasteiger partial charge on any atom is -0.478 e. The summed E-state index contributed by atoms with van der Waals surface area (Å²) < 4.78 is 0. The van der Waals surface area contributed by atoms with Gasteiger partial charge < -0.3 is 15.7 Å². The smallest absolute Gasteiger partial charge is 0.337 e. The lowest BCUT2D eigenvalue weighted by Gasteiger charge is -2.46. The van der Waals surface area contributed by atoms with Crippen molar-refractivity contribution in [2.45, 2.75) is 44.6 Å². The van der Waals surface area contributed by atoms with Crippen molar-refractivity contribution in [2.24, 2.45) is 5.92 Å². The number of fused-ring (bicyclic) bond motifs is 1. The summed E-state index contributed by atoms with van der Waals surface area (Å²) in [5, 5.41) is 9.43. The van der Waals surface area contributed by atoms with Gasteiger partial charge in [0.2, 0.25) is 0 Å². The summed E-state index contributed by atoms with van der Waals surface area (Å²) >= 11 is 0. The number of piperidine rings is 1. The van der Waals surface area contributed by atoms with E-state index in [1.54, 1.807) is 12.1 Å². The number of carboxylic acid groups (broad SMARTS) is 1. The fourth-order valence-electron chi connectivity index (χ4n) is 3.96. The van der Waals surface area contributed by atoms with Crippen molar-refractivity contribution in [3.63, 3.8) is 0 Å². The molecule has 0 unspecified atom stereocenters. The monoisotopic (exact) mass is 274 g/mol. The van der Waals surface area contributed by atoms with E-state index >= 15 is 0 Å². The number of hydrogen-bond acceptors (Lipinski definition) is 3. The van der Waals surface area contributed by atoms with Gasteiger partial charge in [-0.1, -0.05) is 18.9 Å². The van der Waals surface area contributed by atoms with Crippen LogP contribution in [0.25, 0.3) is 0 Å². The normalized spacial score (nSPS) is 26.1. The molecule has 0 radical (unpaired) electrons. The minimum absolute atomic E-state index is 0.344. The van der Waals surface area contributed by atoms with E-state index in [4.69, 9.17) is 5.73 Å². The number of nitrogens with two attached hydrogens (primary N) is 1. The van der Waals surface area contributed by atoms with E-state index in [2.05, 4.69) is 4.90 Å². The van der Waals surface area contributed by atoms with Crippen LogP contribution < -0.4 is 10.6 Å². The number of anilines is 2. The Bertz CT molecular complexity index is 513. The second-order valence-corrected chi connectivity index (χ2v) is 6.00. The maximum atomic E-state index is 11.5. The number of aromatic carboxylic acids is 1. The molecule has 3 N–H and O–H groups in total. The summed E-state index contributed by atoms with van der Waals surface area (Å²) in [6.45, 7) is 0.926. The van der Waals surface area contributed by atoms with Crippen LogP contribution in [-0.4, -0.2) is 23.7 Å². The van der Waals surface area contributed by atoms with Gasteiger partial charge >= 0.3 is 5.97 Å². The van der Waals surface area contributed by atoms with Crippen LogP contribution in [0.3, 0.4) is 0 Å². The molecule has 4 heteroatoms. The topological polar surface area (TPSA) is 66.6 Å². The maximum Gasteiger partial charge on any atom is 0.337 e. The first-order chi connectivity index (χ1) is 9.68. The van der Waals surface area contributed by atoms with Crippen LogP contribution in [0.4, 0.5) is 11.4 Å². The van der Waals surface area contributed by atoms with Gasteiger partial charge in [-0.05, 0) is 43.7 Å². The zero-order chi connectivity index (χ0) is 14.1. The van der Waals surface area contributed by atoms with Gasteiger partial charge in [0.05, 0.1) is 16.9 Å². The highest BCUT2D eigenvalue weighted by Crippen LogP contribution is 2.40. The number of nitrogen functional groups attached to an aromatic ring is 1. The molecule has 2 atom stereocenters. The summed E-state index contributed by atoms with van der Waals surface area (Å²) in [5.74, 6) is -0.177. The fraction of sp³-hybridized carbons (Fsp3) is 0.562. The standard InChI is InChI=1S/C16H22N2O2/c17-13-8-3-7-12(16(19)20)15(13)18-10-4-6-11-5-1-2-9-14(11)18/h3,7-8,11,14H,1-2,4-6,9-10,17H2,(H,19,20)/t11-,14-/m1/s1. The van der Waals surface area contributed by atoms with Crippen molar-refractivity contribution in [1.29, 1.82) is 0 Å². The number of carboxylic acids is 1. The molecule has 4 nitrogen and oxygen atoms in total. The van der Waals surface area contributed by atoms with Crippen molar-refractivity contribution >= 4 is 17.3 Å². The van der Waals surface area contributed by atoms with Crippen molar-refractivity contribution in [3.8, 4) is 0 Å². The molecular weight excluding hydrogens is 252 g/mol. The number of rotatable bonds is 2. The average Bonchev–Trinajstić information content (AvgIpc) is 2.46. The molecule has 1 aromatic rings. The third-order valence-electron chi connectivity index (χ3n) is 4.83. The van der Waals surface area contributed by atoms with Gasteiger partial charge in [-0.25, -0.2) is 4.79 Å². The Balaban J connectivity index is 2.00. The molecule has 0 bridgehead atoms. The van der Waals surface area contributed by atoms with Crippen molar-refractivity contribution in [3.05, 3.63) is 23.8 Å². The molecule has 2 fully saturated rings. The predicted molar refractivity (Wildman–Crippen MR) is 80.1 cm³/mol. The summed E-state index contributed by atoms with van der Waals surface area (Å²) in [5.41, 5.74) is 7.79. The van der Waals surface area contributed by atoms with Crippen LogP contribution in [0.5, 0.6) is 0 Å². The van der Waals surface area contributed by atoms with E-state index in [1.165, 1.54) is 25.7 Å². The Morgan fingerprint density at radius 1 is 1.20 bits per heavy atom. The molecule has 108 valence electrons. The Morgan fingerprint density at radius 3 is 2.75 bits per heavy atom. The van der Waals surface area contributed by atoms with Gasteiger partial charge in [-0.3, -0.25) is 0 Å². The highest BCUT2D eigenvalue weighted by atomic mass is 16.4. The Labute approximate surface area is 119 Å². The summed E-state index contributed by atoms with van der Waals surface area (Å²) in [6, 6.07) is 5.68. The van der Waals surface area contributed by atoms with Crippen LogP contribution in [0.15, 0.2) is 18.2 Å². The zero-order valence-electron chi connectivity index (χ0n) is 11.7. The summed E-state index contributed by atoms with van der Waals surface area (Å²) in [7, 11) is 0. The van der Waals surface area contributed by atoms with Gasteiger partial charge in [-0.15, -0.1) is 0 Å². The van der Waals surface area contributed by atoms with E-state index in [-0.39, 0.29) is 0 Å². The molecule has 20 heavy (non-hydrogen) atoms. The molecule has 0 spiro atoms. The van der Waals surface area contributed by atoms with Gasteiger partial charge in [0.15, 0.2) is 0 Å². The van der Waals surface area contributed by atoms with Gasteiger partial charge in [0, 0.05) is 12.6 Å². The first kappa shape index (κ1) is 13.3. The minimum atomic E-state index is -0.884. The highest BCUT2D eigenvalue weighted by Gasteiger charge is 2.35. The summed E-state index contributed by atoms with van der Waals surface area (Å²) in [4.78, 5) is 13.8. The number of carbonyl (C=O) groups is 1. The Kier molecular flexibility index (Phi) is 3.55. The molecule has 1 heterocycles. The Morgan fingerprint density at radius 2 is 1.95 bits per heavy atom. The van der Waals surface area contributed by atoms with Crippen LogP contribution in [0.2, 0.25) is 0 Å². The molecule has 1 aromatic carbocycles. The lowest BCUT2D eigenvalue weighted by atomic mass is 9.78. The average molecular weight is 274 g/mol. The van der Waals surface area contributed by atoms with E-state index in [1.807, 2.05) is 6.07 Å². The second-order valence-electron chi connectivity index (χ2n) is 6.00. The van der Waals surface area contributed by atoms with Gasteiger partial charge in [0.25, 0.3) is 0 Å². The van der Waals surface area contributed by atoms with Crippen LogP contribution in [0.1, 0.15) is 48.9 Å². The summed E-state index contributed by atoms with van der Waals surface area (Å²) in [6.07, 6.45) is 7.40. The zero-order valence-corrected chi connectivity index (χ0v) is 11.7. The molecule has 1 aliphatic carbocycles. The van der Waals surface area contributed by atoms with Crippen LogP contribution >= 0.6 is 0 Å². The number of nitrogens with zero attached hydrogens (tertiary/aromatic N) is 1. The van der Waals surface area contributed by atoms with E-state index in [0.29, 0.717) is 23.2 Å². The van der Waals surface area contributed by atoms with Gasteiger partial charge in [0.1, 0.15) is 0 Å². The van der Waals surface area contributed by atoms with Crippen LogP contribution in [0, 0.1) is 5.92 Å². The van der Waals surface area contributed by atoms with E-state index < -0.39 is 5.97 Å². The maximum absolute atomic E-state index is 11.5. The predicted octanol–water partition coefficient (Wildman–Crippen LogP) is 3.13. The molecule has 0 amide bonds. The van der Waals surface area contributed by atoms with Gasteiger partial charge in [-0.2, -0.15) is 0 Å². The largest absolute Gasteiger partial charge is 0.478 e. The quantitative estimate of drug-likeness (QED) is 0.813. The molecule has 1 aliphatic heterocycles. The fourth-order valence-corrected chi connectivity index (χ4v) is 3.96. The third kappa shape index (κ3) is 2.23. The van der Waals surface area contributed by atoms with Crippen molar-refractivity contribution < 1.29 is 9.90 Å². The third-order valence-corrected chi connectivity index (χ3v) is 4.83. The first-order valence-electron chi connectivity index (χ1n) is 7.57. The number of hydrogen-bond donors (Lipinski definition) is 2. The lowest BCUT2D eigenvalue weighted by molar-refractivity contribution is 0.0697. The van der Waals surface area contributed by atoms with E-state index in [9.17, 15) is 9.90 Å². The Hall–Kier alpha value is -1.71.